The summed E-state index contributed by atoms with van der Waals surface area (Å²) in [5.41, 5.74) is 4.02. The number of aromatic nitrogens is 1. The number of benzene rings is 3. The van der Waals surface area contributed by atoms with Crippen molar-refractivity contribution < 1.29 is 4.74 Å². The van der Waals surface area contributed by atoms with Gasteiger partial charge in [0, 0.05) is 11.3 Å². The highest BCUT2D eigenvalue weighted by Crippen LogP contribution is 2.46. The molecule has 1 aliphatic heterocycles. The highest BCUT2D eigenvalue weighted by Gasteiger charge is 2.43. The molecule has 0 bridgehead atoms. The van der Waals surface area contributed by atoms with E-state index in [-0.39, 0.29) is 6.04 Å². The minimum Gasteiger partial charge on any atom is -0.479 e. The van der Waals surface area contributed by atoms with E-state index in [9.17, 15) is 0 Å². The van der Waals surface area contributed by atoms with Gasteiger partial charge in [-0.3, -0.25) is 0 Å². The van der Waals surface area contributed by atoms with Crippen LogP contribution in [0.15, 0.2) is 97.1 Å². The van der Waals surface area contributed by atoms with Gasteiger partial charge in [0.2, 0.25) is 0 Å². The van der Waals surface area contributed by atoms with Crippen LogP contribution in [-0.2, 0) is 0 Å². The molecule has 0 N–H and O–H groups in total. The Balaban J connectivity index is 1.43. The standard InChI is InChI=1S/C26H20N2OS/c1-26-17-7-6-12-24(26)28(21-9-3-4-10-22(21)29-26)19-15-13-18(14-16-19)25-27-20-8-2-5-11-23(20)30-25/h2-17,24H,1H3/t24?,26-/m0/s1. The first-order valence-corrected chi connectivity index (χ1v) is 10.9. The van der Waals surface area contributed by atoms with Gasteiger partial charge in [-0.05, 0) is 61.5 Å². The molecule has 1 aliphatic carbocycles. The second-order valence-corrected chi connectivity index (χ2v) is 8.88. The summed E-state index contributed by atoms with van der Waals surface area (Å²) in [6, 6.07) is 25.4. The number of ether oxygens (including phenoxy) is 1. The molecule has 3 aromatic carbocycles. The molecule has 6 rings (SSSR count). The SMILES string of the molecule is C[C@]12C=CC=CC1N(c1ccc(-c3nc4ccccc4s3)cc1)c1ccccc1O2. The molecule has 0 saturated carbocycles. The topological polar surface area (TPSA) is 25.4 Å². The summed E-state index contributed by atoms with van der Waals surface area (Å²) in [5, 5.41) is 1.05. The highest BCUT2D eigenvalue weighted by atomic mass is 32.1. The lowest BCUT2D eigenvalue weighted by molar-refractivity contribution is 0.113. The molecule has 146 valence electrons. The predicted octanol–water partition coefficient (Wildman–Crippen LogP) is 6.75. The first kappa shape index (κ1) is 17.5. The van der Waals surface area contributed by atoms with Gasteiger partial charge < -0.3 is 9.64 Å². The Labute approximate surface area is 179 Å². The van der Waals surface area contributed by atoms with Crippen LogP contribution in [0.4, 0.5) is 11.4 Å². The lowest BCUT2D eigenvalue weighted by Crippen LogP contribution is -2.54. The fourth-order valence-electron chi connectivity index (χ4n) is 4.33. The maximum atomic E-state index is 6.41. The van der Waals surface area contributed by atoms with E-state index in [0.717, 1.165) is 33.2 Å². The maximum Gasteiger partial charge on any atom is 0.149 e. The van der Waals surface area contributed by atoms with Crippen LogP contribution >= 0.6 is 11.3 Å². The van der Waals surface area contributed by atoms with Gasteiger partial charge in [-0.2, -0.15) is 0 Å². The number of fused-ring (bicyclic) bond motifs is 3. The molecule has 1 aromatic heterocycles. The van der Waals surface area contributed by atoms with Crippen LogP contribution in [0, 0.1) is 0 Å². The Morgan fingerprint density at radius 1 is 0.933 bits per heavy atom. The van der Waals surface area contributed by atoms with Crippen molar-refractivity contribution in [3.05, 3.63) is 97.1 Å². The third kappa shape index (κ3) is 2.68. The van der Waals surface area contributed by atoms with Crippen molar-refractivity contribution in [1.82, 2.24) is 4.98 Å². The number of allylic oxidation sites excluding steroid dienone is 2. The van der Waals surface area contributed by atoms with Crippen LogP contribution in [0.25, 0.3) is 20.8 Å². The third-order valence-electron chi connectivity index (χ3n) is 5.84. The van der Waals surface area contributed by atoms with E-state index in [4.69, 9.17) is 9.72 Å². The molecule has 2 atom stereocenters. The zero-order chi connectivity index (χ0) is 20.1. The normalized spacial score (nSPS) is 21.9. The van der Waals surface area contributed by atoms with Gasteiger partial charge in [0.25, 0.3) is 0 Å². The number of thiazole rings is 1. The average molecular weight is 409 g/mol. The van der Waals surface area contributed by atoms with Crippen molar-refractivity contribution in [2.45, 2.75) is 18.6 Å². The van der Waals surface area contributed by atoms with Crippen LogP contribution < -0.4 is 9.64 Å². The van der Waals surface area contributed by atoms with Gasteiger partial charge in [-0.1, -0.05) is 42.5 Å². The van der Waals surface area contributed by atoms with E-state index >= 15 is 0 Å². The first-order chi connectivity index (χ1) is 14.7. The Hall–Kier alpha value is -3.37. The molecule has 0 fully saturated rings. The van der Waals surface area contributed by atoms with Gasteiger partial charge in [0.05, 0.1) is 21.9 Å². The third-order valence-corrected chi connectivity index (χ3v) is 6.92. The lowest BCUT2D eigenvalue weighted by Gasteiger charge is -2.48. The molecule has 0 amide bonds. The molecule has 4 aromatic rings. The quantitative estimate of drug-likeness (QED) is 0.367. The van der Waals surface area contributed by atoms with Crippen LogP contribution in [0.5, 0.6) is 5.75 Å². The first-order valence-electron chi connectivity index (χ1n) is 10.1. The number of para-hydroxylation sites is 3. The second-order valence-electron chi connectivity index (χ2n) is 7.85. The van der Waals surface area contributed by atoms with Crippen molar-refractivity contribution in [2.75, 3.05) is 4.90 Å². The Morgan fingerprint density at radius 2 is 1.73 bits per heavy atom. The summed E-state index contributed by atoms with van der Waals surface area (Å²) >= 11 is 1.73. The number of nitrogens with zero attached hydrogens (tertiary/aromatic N) is 2. The molecule has 3 nitrogen and oxygen atoms in total. The summed E-state index contributed by atoms with van der Waals surface area (Å²) in [5.74, 6) is 0.909. The Kier molecular flexibility index (Phi) is 3.83. The van der Waals surface area contributed by atoms with Crippen LogP contribution in [-0.4, -0.2) is 16.6 Å². The van der Waals surface area contributed by atoms with Gasteiger partial charge in [0.15, 0.2) is 0 Å². The zero-order valence-electron chi connectivity index (χ0n) is 16.5. The van der Waals surface area contributed by atoms with E-state index in [1.807, 2.05) is 18.2 Å². The number of hydrogen-bond donors (Lipinski definition) is 0. The van der Waals surface area contributed by atoms with Gasteiger partial charge in [0.1, 0.15) is 16.4 Å². The summed E-state index contributed by atoms with van der Waals surface area (Å²) in [4.78, 5) is 7.18. The van der Waals surface area contributed by atoms with Gasteiger partial charge in [-0.25, -0.2) is 4.98 Å². The second kappa shape index (κ2) is 6.57. The maximum absolute atomic E-state index is 6.41. The number of anilines is 2. The molecule has 1 unspecified atom stereocenters. The average Bonchev–Trinajstić information content (AvgIpc) is 3.21. The van der Waals surface area contributed by atoms with Crippen molar-refractivity contribution in [3.63, 3.8) is 0 Å². The van der Waals surface area contributed by atoms with E-state index in [1.165, 1.54) is 4.70 Å². The van der Waals surface area contributed by atoms with Crippen molar-refractivity contribution >= 4 is 32.9 Å². The van der Waals surface area contributed by atoms with Crippen LogP contribution in [0.3, 0.4) is 0 Å². The molecular weight excluding hydrogens is 388 g/mol. The Bertz CT molecular complexity index is 1270. The van der Waals surface area contributed by atoms with Crippen molar-refractivity contribution in [2.24, 2.45) is 0 Å². The van der Waals surface area contributed by atoms with E-state index in [1.54, 1.807) is 11.3 Å². The van der Waals surface area contributed by atoms with E-state index < -0.39 is 5.60 Å². The Morgan fingerprint density at radius 3 is 2.60 bits per heavy atom. The van der Waals surface area contributed by atoms with Crippen LogP contribution in [0.2, 0.25) is 0 Å². The van der Waals surface area contributed by atoms with E-state index in [2.05, 4.69) is 90.7 Å². The fourth-order valence-corrected chi connectivity index (χ4v) is 5.30. The molecule has 0 spiro atoms. The smallest absolute Gasteiger partial charge is 0.149 e. The summed E-state index contributed by atoms with van der Waals surface area (Å²) in [6.45, 7) is 2.15. The summed E-state index contributed by atoms with van der Waals surface area (Å²) < 4.78 is 7.63. The van der Waals surface area contributed by atoms with Crippen molar-refractivity contribution in [3.8, 4) is 16.3 Å². The summed E-state index contributed by atoms with van der Waals surface area (Å²) in [6.07, 6.45) is 8.54. The molecule has 4 heteroatoms. The van der Waals surface area contributed by atoms with Crippen molar-refractivity contribution in [1.29, 1.82) is 0 Å². The fraction of sp³-hybridized carbons (Fsp3) is 0.115. The molecule has 0 saturated heterocycles. The molecule has 2 aliphatic rings. The minimum absolute atomic E-state index is 0.0886. The monoisotopic (exact) mass is 408 g/mol. The molecule has 30 heavy (non-hydrogen) atoms. The number of hydrogen-bond acceptors (Lipinski definition) is 4. The number of rotatable bonds is 2. The molecule has 2 heterocycles. The van der Waals surface area contributed by atoms with Gasteiger partial charge in [-0.15, -0.1) is 11.3 Å². The molecule has 0 radical (unpaired) electrons. The minimum atomic E-state index is -0.408. The lowest BCUT2D eigenvalue weighted by atomic mass is 9.87. The predicted molar refractivity (Wildman–Crippen MR) is 125 cm³/mol. The highest BCUT2D eigenvalue weighted by molar-refractivity contribution is 7.21. The van der Waals surface area contributed by atoms with Crippen LogP contribution in [0.1, 0.15) is 6.92 Å². The van der Waals surface area contributed by atoms with Gasteiger partial charge >= 0.3 is 0 Å². The zero-order valence-corrected chi connectivity index (χ0v) is 17.3. The summed E-state index contributed by atoms with van der Waals surface area (Å²) in [7, 11) is 0. The van der Waals surface area contributed by atoms with E-state index in [0.29, 0.717) is 0 Å². The molecular formula is C26H20N2OS. The largest absolute Gasteiger partial charge is 0.479 e.